The molecule has 0 atom stereocenters. The van der Waals surface area contributed by atoms with Crippen molar-refractivity contribution in [2.45, 2.75) is 0 Å². The summed E-state index contributed by atoms with van der Waals surface area (Å²) in [6.45, 7) is 1.91. The number of benzene rings is 3. The molecule has 190 valence electrons. The molecular formula is C26H23ClN4O6. The number of carbonyl (C=O) groups excluding carboxylic acids is 3. The SMILES string of the molecule is COC(=O)c1ccc(N2CCN(C(=O)c3ccccc3)CC2)c(NC(=O)c2ccc(Cl)c([N+](=O)[O-])c2)c1. The molecule has 0 saturated carbocycles. The summed E-state index contributed by atoms with van der Waals surface area (Å²) in [4.78, 5) is 52.3. The Bertz CT molecular complexity index is 1360. The zero-order valence-corrected chi connectivity index (χ0v) is 20.6. The lowest BCUT2D eigenvalue weighted by molar-refractivity contribution is -0.384. The van der Waals surface area contributed by atoms with Crippen molar-refractivity contribution in [1.29, 1.82) is 0 Å². The van der Waals surface area contributed by atoms with Crippen molar-refractivity contribution in [3.8, 4) is 0 Å². The van der Waals surface area contributed by atoms with Crippen LogP contribution in [-0.4, -0.2) is 60.9 Å². The van der Waals surface area contributed by atoms with E-state index in [9.17, 15) is 24.5 Å². The van der Waals surface area contributed by atoms with Crippen LogP contribution >= 0.6 is 11.6 Å². The fourth-order valence-corrected chi connectivity index (χ4v) is 4.25. The molecule has 1 aliphatic rings. The Morgan fingerprint density at radius 3 is 2.24 bits per heavy atom. The number of ether oxygens (including phenoxy) is 1. The quantitative estimate of drug-likeness (QED) is 0.292. The summed E-state index contributed by atoms with van der Waals surface area (Å²) in [7, 11) is 1.25. The maximum atomic E-state index is 13.0. The third-order valence-electron chi connectivity index (χ3n) is 6.00. The number of esters is 1. The smallest absolute Gasteiger partial charge is 0.337 e. The number of methoxy groups -OCH3 is 1. The molecule has 2 amide bonds. The highest BCUT2D eigenvalue weighted by Crippen LogP contribution is 2.31. The van der Waals surface area contributed by atoms with E-state index in [-0.39, 0.29) is 22.1 Å². The number of carbonyl (C=O) groups is 3. The second-order valence-electron chi connectivity index (χ2n) is 8.25. The number of nitro benzene ring substituents is 1. The minimum atomic E-state index is -0.668. The van der Waals surface area contributed by atoms with Gasteiger partial charge in [-0.3, -0.25) is 19.7 Å². The summed E-state index contributed by atoms with van der Waals surface area (Å²) in [6.07, 6.45) is 0. The highest BCUT2D eigenvalue weighted by molar-refractivity contribution is 6.32. The molecule has 0 radical (unpaired) electrons. The average Bonchev–Trinajstić information content (AvgIpc) is 2.92. The third kappa shape index (κ3) is 5.70. The van der Waals surface area contributed by atoms with Crippen LogP contribution in [0.3, 0.4) is 0 Å². The Labute approximate surface area is 217 Å². The summed E-state index contributed by atoms with van der Waals surface area (Å²) < 4.78 is 4.80. The van der Waals surface area contributed by atoms with E-state index in [0.29, 0.717) is 43.1 Å². The maximum absolute atomic E-state index is 13.0. The number of nitrogens with zero attached hydrogens (tertiary/aromatic N) is 3. The highest BCUT2D eigenvalue weighted by Gasteiger charge is 2.25. The summed E-state index contributed by atoms with van der Waals surface area (Å²) in [5, 5.41) is 13.9. The second-order valence-corrected chi connectivity index (χ2v) is 8.65. The maximum Gasteiger partial charge on any atom is 0.337 e. The first kappa shape index (κ1) is 25.6. The van der Waals surface area contributed by atoms with Gasteiger partial charge in [0.25, 0.3) is 17.5 Å². The molecule has 3 aromatic carbocycles. The molecular weight excluding hydrogens is 500 g/mol. The van der Waals surface area contributed by atoms with Crippen LogP contribution in [0.1, 0.15) is 31.1 Å². The molecule has 1 saturated heterocycles. The minimum absolute atomic E-state index is 0.0313. The number of amides is 2. The van der Waals surface area contributed by atoms with Crippen molar-refractivity contribution in [1.82, 2.24) is 4.90 Å². The van der Waals surface area contributed by atoms with Gasteiger partial charge in [-0.1, -0.05) is 29.8 Å². The van der Waals surface area contributed by atoms with E-state index in [1.807, 2.05) is 23.1 Å². The van der Waals surface area contributed by atoms with Gasteiger partial charge in [-0.2, -0.15) is 0 Å². The topological polar surface area (TPSA) is 122 Å². The molecule has 1 N–H and O–H groups in total. The van der Waals surface area contributed by atoms with E-state index in [2.05, 4.69) is 5.32 Å². The fourth-order valence-electron chi connectivity index (χ4n) is 4.06. The largest absolute Gasteiger partial charge is 0.465 e. The number of anilines is 2. The molecule has 11 heteroatoms. The molecule has 1 heterocycles. The van der Waals surface area contributed by atoms with Crippen molar-refractivity contribution in [2.75, 3.05) is 43.5 Å². The number of hydrogen-bond acceptors (Lipinski definition) is 7. The number of halogens is 1. The summed E-state index contributed by atoms with van der Waals surface area (Å²) in [5.74, 6) is -1.25. The minimum Gasteiger partial charge on any atom is -0.465 e. The number of hydrogen-bond donors (Lipinski definition) is 1. The Balaban J connectivity index is 1.57. The number of nitrogens with one attached hydrogen (secondary N) is 1. The Morgan fingerprint density at radius 1 is 0.919 bits per heavy atom. The van der Waals surface area contributed by atoms with Crippen LogP contribution < -0.4 is 10.2 Å². The van der Waals surface area contributed by atoms with Crippen LogP contribution in [-0.2, 0) is 4.74 Å². The molecule has 0 aliphatic carbocycles. The Morgan fingerprint density at radius 2 is 1.59 bits per heavy atom. The van der Waals surface area contributed by atoms with E-state index in [1.54, 1.807) is 29.2 Å². The van der Waals surface area contributed by atoms with Crippen LogP contribution in [0.25, 0.3) is 0 Å². The zero-order chi connectivity index (χ0) is 26.5. The molecule has 1 aliphatic heterocycles. The number of rotatable bonds is 6. The van der Waals surface area contributed by atoms with Crippen molar-refractivity contribution in [2.24, 2.45) is 0 Å². The first-order valence-corrected chi connectivity index (χ1v) is 11.7. The molecule has 3 aromatic rings. The van der Waals surface area contributed by atoms with Crippen LogP contribution in [0, 0.1) is 10.1 Å². The second kappa shape index (κ2) is 11.1. The van der Waals surface area contributed by atoms with Gasteiger partial charge in [0.05, 0.1) is 29.0 Å². The zero-order valence-electron chi connectivity index (χ0n) is 19.8. The normalized spacial score (nSPS) is 13.1. The van der Waals surface area contributed by atoms with Gasteiger partial charge in [-0.15, -0.1) is 0 Å². The van der Waals surface area contributed by atoms with E-state index in [1.165, 1.54) is 25.3 Å². The van der Waals surface area contributed by atoms with Crippen LogP contribution in [0.5, 0.6) is 0 Å². The average molecular weight is 523 g/mol. The van der Waals surface area contributed by atoms with Gasteiger partial charge in [0.1, 0.15) is 5.02 Å². The van der Waals surface area contributed by atoms with Crippen molar-refractivity contribution < 1.29 is 24.0 Å². The lowest BCUT2D eigenvalue weighted by Gasteiger charge is -2.37. The lowest BCUT2D eigenvalue weighted by atomic mass is 10.1. The first-order chi connectivity index (χ1) is 17.8. The Kier molecular flexibility index (Phi) is 7.69. The predicted octanol–water partition coefficient (Wildman–Crippen LogP) is 4.25. The molecule has 4 rings (SSSR count). The van der Waals surface area contributed by atoms with Crippen LogP contribution in [0.4, 0.5) is 17.1 Å². The van der Waals surface area contributed by atoms with Crippen molar-refractivity contribution in [3.05, 3.63) is 98.6 Å². The van der Waals surface area contributed by atoms with E-state index < -0.39 is 22.5 Å². The molecule has 37 heavy (non-hydrogen) atoms. The van der Waals surface area contributed by atoms with Gasteiger partial charge in [-0.25, -0.2) is 4.79 Å². The van der Waals surface area contributed by atoms with Gasteiger partial charge >= 0.3 is 5.97 Å². The van der Waals surface area contributed by atoms with Crippen LogP contribution in [0.2, 0.25) is 5.02 Å². The molecule has 0 spiro atoms. The van der Waals surface area contributed by atoms with Gasteiger partial charge in [0.15, 0.2) is 0 Å². The standard InChI is InChI=1S/C26H23ClN4O6/c1-37-26(34)19-8-10-22(29-11-13-30(14-12-29)25(33)17-5-3-2-4-6-17)21(15-19)28-24(32)18-7-9-20(27)23(16-18)31(35)36/h2-10,15-16H,11-14H2,1H3,(H,28,32). The van der Waals surface area contributed by atoms with Crippen LogP contribution in [0.15, 0.2) is 66.7 Å². The molecule has 0 aromatic heterocycles. The van der Waals surface area contributed by atoms with Gasteiger partial charge < -0.3 is 19.9 Å². The van der Waals surface area contributed by atoms with Gasteiger partial charge in [-0.05, 0) is 42.5 Å². The summed E-state index contributed by atoms with van der Waals surface area (Å²) >= 11 is 5.87. The molecule has 10 nitrogen and oxygen atoms in total. The first-order valence-electron chi connectivity index (χ1n) is 11.4. The monoisotopic (exact) mass is 522 g/mol. The molecule has 0 bridgehead atoms. The van der Waals surface area contributed by atoms with Gasteiger partial charge in [0.2, 0.25) is 0 Å². The Hall–Kier alpha value is -4.44. The highest BCUT2D eigenvalue weighted by atomic mass is 35.5. The van der Waals surface area contributed by atoms with E-state index >= 15 is 0 Å². The predicted molar refractivity (Wildman–Crippen MR) is 138 cm³/mol. The summed E-state index contributed by atoms with van der Waals surface area (Å²) in [5.41, 5.74) is 1.44. The molecule has 0 unspecified atom stereocenters. The summed E-state index contributed by atoms with van der Waals surface area (Å²) in [6, 6.07) is 17.6. The fraction of sp³-hybridized carbons (Fsp3) is 0.192. The lowest BCUT2D eigenvalue weighted by Crippen LogP contribution is -2.49. The van der Waals surface area contributed by atoms with Crippen molar-refractivity contribution in [3.63, 3.8) is 0 Å². The number of nitro groups is 1. The third-order valence-corrected chi connectivity index (χ3v) is 6.32. The van der Waals surface area contributed by atoms with Crippen molar-refractivity contribution >= 4 is 46.4 Å². The van der Waals surface area contributed by atoms with E-state index in [0.717, 1.165) is 6.07 Å². The number of piperazine rings is 1. The van der Waals surface area contributed by atoms with E-state index in [4.69, 9.17) is 16.3 Å². The molecule has 1 fully saturated rings. The van der Waals surface area contributed by atoms with Gasteiger partial charge in [0, 0.05) is 43.4 Å².